The molecule has 0 saturated carbocycles. The first-order valence-electron chi connectivity index (χ1n) is 5.37. The van der Waals surface area contributed by atoms with E-state index >= 15 is 0 Å². The summed E-state index contributed by atoms with van der Waals surface area (Å²) < 4.78 is 13.5. The van der Waals surface area contributed by atoms with Crippen LogP contribution in [0, 0.1) is 5.82 Å². The molecule has 0 fully saturated rings. The molecule has 2 aromatic carbocycles. The van der Waals surface area contributed by atoms with Gasteiger partial charge >= 0.3 is 0 Å². The van der Waals surface area contributed by atoms with Crippen molar-refractivity contribution in [1.82, 2.24) is 0 Å². The van der Waals surface area contributed by atoms with Crippen LogP contribution >= 0.6 is 0 Å². The molecule has 0 aliphatic carbocycles. The van der Waals surface area contributed by atoms with Gasteiger partial charge in [0.15, 0.2) is 6.29 Å². The normalized spacial score (nSPS) is 10.8. The molecule has 0 heterocycles. The second-order valence-electron chi connectivity index (χ2n) is 3.86. The lowest BCUT2D eigenvalue weighted by Gasteiger charge is -2.06. The van der Waals surface area contributed by atoms with Gasteiger partial charge in [0.2, 0.25) is 0 Å². The van der Waals surface area contributed by atoms with Crippen LogP contribution in [-0.4, -0.2) is 16.5 Å². The van der Waals surface area contributed by atoms with Gasteiger partial charge in [-0.1, -0.05) is 42.5 Å². The molecule has 2 nitrogen and oxygen atoms in total. The third-order valence-electron chi connectivity index (χ3n) is 2.56. The van der Waals surface area contributed by atoms with E-state index in [1.54, 1.807) is 42.5 Å². The Morgan fingerprint density at radius 1 is 0.941 bits per heavy atom. The number of rotatable bonds is 3. The zero-order chi connectivity index (χ0) is 12.3. The molecule has 0 saturated heterocycles. The summed E-state index contributed by atoms with van der Waals surface area (Å²) >= 11 is 0. The Kier molecular flexibility index (Phi) is 3.52. The topological polar surface area (TPSA) is 40.5 Å². The van der Waals surface area contributed by atoms with Crippen molar-refractivity contribution in [3.05, 3.63) is 59.9 Å². The third-order valence-corrected chi connectivity index (χ3v) is 2.56. The highest BCUT2D eigenvalue weighted by Crippen LogP contribution is 2.22. The van der Waals surface area contributed by atoms with Crippen molar-refractivity contribution in [2.45, 2.75) is 12.7 Å². The molecule has 0 spiro atoms. The van der Waals surface area contributed by atoms with Crippen LogP contribution in [0.1, 0.15) is 5.56 Å². The Morgan fingerprint density at radius 2 is 1.59 bits per heavy atom. The summed E-state index contributed by atoms with van der Waals surface area (Å²) in [4.78, 5) is 0. The first-order valence-corrected chi connectivity index (χ1v) is 5.37. The summed E-state index contributed by atoms with van der Waals surface area (Å²) in [5, 5.41) is 17.7. The molecule has 17 heavy (non-hydrogen) atoms. The first kappa shape index (κ1) is 11.8. The predicted molar refractivity (Wildman–Crippen MR) is 63.8 cm³/mol. The maximum Gasteiger partial charge on any atom is 0.155 e. The van der Waals surface area contributed by atoms with Crippen LogP contribution in [0.3, 0.4) is 0 Å². The van der Waals surface area contributed by atoms with Crippen LogP contribution in [0.5, 0.6) is 0 Å². The van der Waals surface area contributed by atoms with Gasteiger partial charge in [-0.2, -0.15) is 0 Å². The molecule has 2 rings (SSSR count). The van der Waals surface area contributed by atoms with Crippen molar-refractivity contribution in [1.29, 1.82) is 0 Å². The van der Waals surface area contributed by atoms with Gasteiger partial charge in [0.1, 0.15) is 5.82 Å². The Labute approximate surface area is 99.0 Å². The van der Waals surface area contributed by atoms with Gasteiger partial charge in [-0.3, -0.25) is 0 Å². The molecule has 2 aromatic rings. The quantitative estimate of drug-likeness (QED) is 0.797. The predicted octanol–water partition coefficient (Wildman–Crippen LogP) is 2.35. The second kappa shape index (κ2) is 5.08. The Bertz CT molecular complexity index is 492. The van der Waals surface area contributed by atoms with Crippen molar-refractivity contribution in [3.63, 3.8) is 0 Å². The zero-order valence-electron chi connectivity index (χ0n) is 9.18. The first-order chi connectivity index (χ1) is 8.16. The Balaban J connectivity index is 2.27. The summed E-state index contributed by atoms with van der Waals surface area (Å²) in [6.07, 6.45) is -1.17. The summed E-state index contributed by atoms with van der Waals surface area (Å²) in [6.45, 7) is 0. The van der Waals surface area contributed by atoms with Crippen molar-refractivity contribution < 1.29 is 14.6 Å². The van der Waals surface area contributed by atoms with Gasteiger partial charge in [-0.25, -0.2) is 4.39 Å². The van der Waals surface area contributed by atoms with E-state index in [9.17, 15) is 4.39 Å². The van der Waals surface area contributed by atoms with Crippen LogP contribution in [0.2, 0.25) is 0 Å². The number of aliphatic hydroxyl groups is 2. The summed E-state index contributed by atoms with van der Waals surface area (Å²) in [7, 11) is 0. The van der Waals surface area contributed by atoms with E-state index in [1.165, 1.54) is 6.07 Å². The summed E-state index contributed by atoms with van der Waals surface area (Å²) in [6, 6.07) is 13.6. The fraction of sp³-hybridized carbons (Fsp3) is 0.143. The number of hydrogen-bond donors (Lipinski definition) is 2. The molecule has 0 aliphatic rings. The minimum Gasteiger partial charge on any atom is -0.368 e. The third kappa shape index (κ3) is 2.90. The number of aliphatic hydroxyl groups excluding tert-OH is 1. The van der Waals surface area contributed by atoms with Crippen LogP contribution in [0.4, 0.5) is 4.39 Å². The maximum atomic E-state index is 13.5. The minimum atomic E-state index is -1.35. The minimum absolute atomic E-state index is 0.178. The van der Waals surface area contributed by atoms with Crippen molar-refractivity contribution in [2.75, 3.05) is 0 Å². The highest BCUT2D eigenvalue weighted by Gasteiger charge is 2.05. The van der Waals surface area contributed by atoms with E-state index in [4.69, 9.17) is 10.2 Å². The molecule has 88 valence electrons. The molecule has 0 atom stereocenters. The largest absolute Gasteiger partial charge is 0.368 e. The van der Waals surface area contributed by atoms with Crippen molar-refractivity contribution in [2.24, 2.45) is 0 Å². The standard InChI is InChI=1S/C14H13FO2/c15-13-4-2-1-3-12(13)11-7-5-10(6-8-11)9-14(16)17/h1-8,14,16-17H,9H2. The second-order valence-corrected chi connectivity index (χ2v) is 3.86. The van der Waals surface area contributed by atoms with Gasteiger partial charge in [-0.05, 0) is 17.2 Å². The average molecular weight is 232 g/mol. The van der Waals surface area contributed by atoms with E-state index < -0.39 is 6.29 Å². The monoisotopic (exact) mass is 232 g/mol. The van der Waals surface area contributed by atoms with Gasteiger partial charge in [-0.15, -0.1) is 0 Å². The summed E-state index contributed by atoms with van der Waals surface area (Å²) in [5.74, 6) is -0.262. The van der Waals surface area contributed by atoms with Crippen molar-refractivity contribution >= 4 is 0 Å². The van der Waals surface area contributed by atoms with Crippen molar-refractivity contribution in [3.8, 4) is 11.1 Å². The molecular weight excluding hydrogens is 219 g/mol. The molecule has 0 aromatic heterocycles. The highest BCUT2D eigenvalue weighted by atomic mass is 19.1. The lowest BCUT2D eigenvalue weighted by molar-refractivity contribution is -0.0381. The number of benzene rings is 2. The maximum absolute atomic E-state index is 13.5. The van der Waals surface area contributed by atoms with Gasteiger partial charge in [0, 0.05) is 12.0 Å². The lowest BCUT2D eigenvalue weighted by Crippen LogP contribution is -2.07. The molecule has 0 unspecified atom stereocenters. The Morgan fingerprint density at radius 3 is 2.18 bits per heavy atom. The van der Waals surface area contributed by atoms with Crippen LogP contribution < -0.4 is 0 Å². The molecule has 2 N–H and O–H groups in total. The molecule has 0 radical (unpaired) electrons. The Hall–Kier alpha value is -1.71. The van der Waals surface area contributed by atoms with E-state index in [0.29, 0.717) is 5.56 Å². The van der Waals surface area contributed by atoms with Crippen LogP contribution in [0.15, 0.2) is 48.5 Å². The van der Waals surface area contributed by atoms with E-state index in [1.807, 2.05) is 0 Å². The molecule has 0 aliphatic heterocycles. The zero-order valence-corrected chi connectivity index (χ0v) is 9.18. The smallest absolute Gasteiger partial charge is 0.155 e. The lowest BCUT2D eigenvalue weighted by atomic mass is 10.0. The van der Waals surface area contributed by atoms with Crippen LogP contribution in [0.25, 0.3) is 11.1 Å². The highest BCUT2D eigenvalue weighted by molar-refractivity contribution is 5.64. The van der Waals surface area contributed by atoms with Gasteiger partial charge in [0.05, 0.1) is 0 Å². The molecule has 3 heteroatoms. The van der Waals surface area contributed by atoms with Gasteiger partial charge in [0.25, 0.3) is 0 Å². The number of halogens is 1. The molecular formula is C14H13FO2. The molecule has 0 bridgehead atoms. The number of hydrogen-bond acceptors (Lipinski definition) is 2. The average Bonchev–Trinajstić information content (AvgIpc) is 2.30. The summed E-state index contributed by atoms with van der Waals surface area (Å²) in [5.41, 5.74) is 2.13. The van der Waals surface area contributed by atoms with Crippen LogP contribution in [-0.2, 0) is 6.42 Å². The molecule has 0 amide bonds. The fourth-order valence-electron chi connectivity index (χ4n) is 1.73. The SMILES string of the molecule is OC(O)Cc1ccc(-c2ccccc2F)cc1. The van der Waals surface area contributed by atoms with Gasteiger partial charge < -0.3 is 10.2 Å². The fourth-order valence-corrected chi connectivity index (χ4v) is 1.73. The van der Waals surface area contributed by atoms with E-state index in [2.05, 4.69) is 0 Å². The van der Waals surface area contributed by atoms with E-state index in [-0.39, 0.29) is 12.2 Å². The van der Waals surface area contributed by atoms with E-state index in [0.717, 1.165) is 11.1 Å².